The molecule has 0 aliphatic carbocycles. The van der Waals surface area contributed by atoms with Crippen molar-refractivity contribution in [3.63, 3.8) is 0 Å². The van der Waals surface area contributed by atoms with Gasteiger partial charge in [0.1, 0.15) is 5.76 Å². The lowest BCUT2D eigenvalue weighted by Gasteiger charge is -2.24. The van der Waals surface area contributed by atoms with Crippen molar-refractivity contribution in [1.82, 2.24) is 10.2 Å². The zero-order chi connectivity index (χ0) is 12.3. The maximum Gasteiger partial charge on any atom is 0.222 e. The summed E-state index contributed by atoms with van der Waals surface area (Å²) in [5, 5.41) is 3.44. The Labute approximate surface area is 102 Å². The molecule has 94 valence electrons. The topological polar surface area (TPSA) is 45.5 Å². The van der Waals surface area contributed by atoms with Crippen LogP contribution in [-0.2, 0) is 4.79 Å². The van der Waals surface area contributed by atoms with E-state index in [1.807, 2.05) is 17.0 Å². The number of furan rings is 1. The summed E-state index contributed by atoms with van der Waals surface area (Å²) >= 11 is 0. The molecule has 2 rings (SSSR count). The van der Waals surface area contributed by atoms with Crippen molar-refractivity contribution in [2.45, 2.75) is 38.8 Å². The summed E-state index contributed by atoms with van der Waals surface area (Å²) in [4.78, 5) is 13.4. The second-order valence-corrected chi connectivity index (χ2v) is 4.75. The van der Waals surface area contributed by atoms with E-state index >= 15 is 0 Å². The number of nitrogens with one attached hydrogen (secondary N) is 1. The van der Waals surface area contributed by atoms with Gasteiger partial charge in [-0.25, -0.2) is 0 Å². The van der Waals surface area contributed by atoms with Crippen molar-refractivity contribution in [3.05, 3.63) is 24.2 Å². The van der Waals surface area contributed by atoms with Crippen molar-refractivity contribution in [2.75, 3.05) is 13.1 Å². The third-order valence-corrected chi connectivity index (χ3v) is 3.17. The van der Waals surface area contributed by atoms with Crippen molar-refractivity contribution in [1.29, 1.82) is 0 Å². The Hall–Kier alpha value is -1.29. The first-order valence-corrected chi connectivity index (χ1v) is 6.24. The van der Waals surface area contributed by atoms with E-state index in [-0.39, 0.29) is 18.0 Å². The number of hydrogen-bond donors (Lipinski definition) is 1. The summed E-state index contributed by atoms with van der Waals surface area (Å²) < 4.78 is 5.34. The van der Waals surface area contributed by atoms with Gasteiger partial charge in [0.2, 0.25) is 5.91 Å². The fourth-order valence-corrected chi connectivity index (χ4v) is 2.33. The summed E-state index contributed by atoms with van der Waals surface area (Å²) in [5.74, 6) is 1.22. The number of carbonyl (C=O) groups excluding carboxylic acids is 1. The van der Waals surface area contributed by atoms with Gasteiger partial charge in [-0.2, -0.15) is 0 Å². The third kappa shape index (κ3) is 3.09. The summed E-state index contributed by atoms with van der Waals surface area (Å²) in [7, 11) is 0. The highest BCUT2D eigenvalue weighted by Gasteiger charge is 2.22. The van der Waals surface area contributed by atoms with Crippen LogP contribution in [0.3, 0.4) is 0 Å². The van der Waals surface area contributed by atoms with Crippen LogP contribution in [0.15, 0.2) is 22.8 Å². The van der Waals surface area contributed by atoms with Crippen molar-refractivity contribution in [2.24, 2.45) is 0 Å². The van der Waals surface area contributed by atoms with E-state index in [1.165, 1.54) is 0 Å². The minimum absolute atomic E-state index is 0.178. The molecule has 1 aliphatic heterocycles. The second kappa shape index (κ2) is 5.36. The minimum Gasteiger partial charge on any atom is -0.468 e. The maximum atomic E-state index is 11.5. The smallest absolute Gasteiger partial charge is 0.222 e. The van der Waals surface area contributed by atoms with Gasteiger partial charge in [-0.3, -0.25) is 4.79 Å². The number of hydrogen-bond acceptors (Lipinski definition) is 3. The van der Waals surface area contributed by atoms with Crippen LogP contribution in [0.25, 0.3) is 0 Å². The fourth-order valence-electron chi connectivity index (χ4n) is 2.33. The molecule has 4 nitrogen and oxygen atoms in total. The summed E-state index contributed by atoms with van der Waals surface area (Å²) in [6.07, 6.45) is 3.39. The van der Waals surface area contributed by atoms with Crippen molar-refractivity contribution >= 4 is 5.91 Å². The molecule has 0 saturated carbocycles. The van der Waals surface area contributed by atoms with Gasteiger partial charge in [0, 0.05) is 25.6 Å². The molecule has 0 bridgehead atoms. The number of rotatable bonds is 5. The average Bonchev–Trinajstić information content (AvgIpc) is 2.90. The molecule has 1 saturated heterocycles. The predicted octanol–water partition coefficient (Wildman–Crippen LogP) is 1.94. The van der Waals surface area contributed by atoms with Gasteiger partial charge >= 0.3 is 0 Å². The number of nitrogens with zero attached hydrogens (tertiary/aromatic N) is 1. The highest BCUT2D eigenvalue weighted by molar-refractivity contribution is 5.78. The second-order valence-electron chi connectivity index (χ2n) is 4.75. The standard InChI is InChI=1S/C13H20N2O2/c1-10(9-15-7-3-6-13(15)16)14-11(2)12-5-4-8-17-12/h4-5,8,10-11,14H,3,6-7,9H2,1-2H3. The van der Waals surface area contributed by atoms with E-state index in [4.69, 9.17) is 4.42 Å². The number of amides is 1. The fraction of sp³-hybridized carbons (Fsp3) is 0.615. The van der Waals surface area contributed by atoms with E-state index in [9.17, 15) is 4.79 Å². The van der Waals surface area contributed by atoms with Crippen LogP contribution in [-0.4, -0.2) is 29.9 Å². The third-order valence-electron chi connectivity index (χ3n) is 3.17. The first-order chi connectivity index (χ1) is 8.16. The first kappa shape index (κ1) is 12.2. The van der Waals surface area contributed by atoms with Gasteiger partial charge < -0.3 is 14.6 Å². The maximum absolute atomic E-state index is 11.5. The van der Waals surface area contributed by atoms with Crippen LogP contribution in [0, 0.1) is 0 Å². The lowest BCUT2D eigenvalue weighted by molar-refractivity contribution is -0.127. The van der Waals surface area contributed by atoms with Crippen LogP contribution >= 0.6 is 0 Å². The van der Waals surface area contributed by atoms with Gasteiger partial charge in [0.25, 0.3) is 0 Å². The highest BCUT2D eigenvalue weighted by atomic mass is 16.3. The lowest BCUT2D eigenvalue weighted by atomic mass is 10.2. The molecule has 0 radical (unpaired) electrons. The Balaban J connectivity index is 1.80. The van der Waals surface area contributed by atoms with E-state index in [0.717, 1.165) is 25.3 Å². The zero-order valence-corrected chi connectivity index (χ0v) is 10.5. The monoisotopic (exact) mass is 236 g/mol. The summed E-state index contributed by atoms with van der Waals surface area (Å²) in [5.41, 5.74) is 0. The SMILES string of the molecule is CC(CN1CCCC1=O)NC(C)c1ccco1. The molecule has 4 heteroatoms. The predicted molar refractivity (Wildman–Crippen MR) is 65.5 cm³/mol. The van der Waals surface area contributed by atoms with Gasteiger partial charge in [-0.15, -0.1) is 0 Å². The molecule has 1 aromatic rings. The van der Waals surface area contributed by atoms with Crippen molar-refractivity contribution < 1.29 is 9.21 Å². The van der Waals surface area contributed by atoms with Gasteiger partial charge in [-0.1, -0.05) is 0 Å². The Bertz CT molecular complexity index is 362. The summed E-state index contributed by atoms with van der Waals surface area (Å²) in [6.45, 7) is 5.86. The Morgan fingerprint density at radius 3 is 2.94 bits per heavy atom. The van der Waals surface area contributed by atoms with E-state index in [1.54, 1.807) is 6.26 Å². The highest BCUT2D eigenvalue weighted by Crippen LogP contribution is 2.14. The Kier molecular flexibility index (Phi) is 3.84. The van der Waals surface area contributed by atoms with Crippen LogP contribution < -0.4 is 5.32 Å². The van der Waals surface area contributed by atoms with Gasteiger partial charge in [0.15, 0.2) is 0 Å². The molecule has 2 atom stereocenters. The Morgan fingerprint density at radius 1 is 1.53 bits per heavy atom. The molecule has 1 fully saturated rings. The quantitative estimate of drug-likeness (QED) is 0.849. The van der Waals surface area contributed by atoms with Crippen molar-refractivity contribution in [3.8, 4) is 0 Å². The first-order valence-electron chi connectivity index (χ1n) is 6.24. The molecule has 0 aromatic carbocycles. The molecule has 2 heterocycles. The molecular formula is C13H20N2O2. The molecule has 0 spiro atoms. The molecular weight excluding hydrogens is 216 g/mol. The normalized spacial score (nSPS) is 19.6. The molecule has 1 aliphatic rings. The molecule has 1 amide bonds. The van der Waals surface area contributed by atoms with Crippen LogP contribution in [0.1, 0.15) is 38.5 Å². The number of likely N-dealkylation sites (tertiary alicyclic amines) is 1. The largest absolute Gasteiger partial charge is 0.468 e. The lowest BCUT2D eigenvalue weighted by Crippen LogP contribution is -2.40. The molecule has 1 N–H and O–H groups in total. The van der Waals surface area contributed by atoms with Gasteiger partial charge in [0.05, 0.1) is 12.3 Å². The van der Waals surface area contributed by atoms with E-state index in [0.29, 0.717) is 6.42 Å². The Morgan fingerprint density at radius 2 is 2.35 bits per heavy atom. The van der Waals surface area contributed by atoms with E-state index in [2.05, 4.69) is 19.2 Å². The van der Waals surface area contributed by atoms with E-state index < -0.39 is 0 Å². The zero-order valence-electron chi connectivity index (χ0n) is 10.5. The molecule has 17 heavy (non-hydrogen) atoms. The van der Waals surface area contributed by atoms with Gasteiger partial charge in [-0.05, 0) is 32.4 Å². The summed E-state index contributed by atoms with van der Waals surface area (Å²) in [6, 6.07) is 4.31. The van der Waals surface area contributed by atoms with Crippen LogP contribution in [0.4, 0.5) is 0 Å². The minimum atomic E-state index is 0.178. The molecule has 1 aromatic heterocycles. The van der Waals surface area contributed by atoms with Crippen LogP contribution in [0.2, 0.25) is 0 Å². The number of carbonyl (C=O) groups is 1. The van der Waals surface area contributed by atoms with Crippen LogP contribution in [0.5, 0.6) is 0 Å². The average molecular weight is 236 g/mol. The molecule has 2 unspecified atom stereocenters.